The van der Waals surface area contributed by atoms with Gasteiger partial charge < -0.3 is 9.64 Å². The largest absolute Gasteiger partial charge is 0.462 e. The maximum atomic E-state index is 5.45. The van der Waals surface area contributed by atoms with Gasteiger partial charge in [-0.1, -0.05) is 0 Å². The molecular formula is C13H23N5O. The lowest BCUT2D eigenvalue weighted by Gasteiger charge is -2.36. The van der Waals surface area contributed by atoms with E-state index in [4.69, 9.17) is 4.74 Å². The van der Waals surface area contributed by atoms with Crippen LogP contribution in [0.15, 0.2) is 12.3 Å². The molecule has 0 saturated carbocycles. The van der Waals surface area contributed by atoms with E-state index in [2.05, 4.69) is 38.9 Å². The van der Waals surface area contributed by atoms with Crippen LogP contribution in [0.2, 0.25) is 0 Å². The maximum Gasteiger partial charge on any atom is 0.228 e. The highest BCUT2D eigenvalue weighted by molar-refractivity contribution is 5.32. The van der Waals surface area contributed by atoms with E-state index in [1.54, 1.807) is 12.3 Å². The number of hydrogen-bond donors (Lipinski definition) is 1. The zero-order valence-electron chi connectivity index (χ0n) is 12.0. The van der Waals surface area contributed by atoms with Crippen LogP contribution < -0.4 is 15.0 Å². The molecule has 0 amide bonds. The minimum atomic E-state index is 0.456. The Hall–Kier alpha value is -1.40. The SMILES string of the molecule is CNCOc1ccnc(N2CCN(C(C)C)CC2)n1. The Balaban J connectivity index is 1.95. The Bertz CT molecular complexity index is 390. The molecule has 0 aliphatic carbocycles. The Morgan fingerprint density at radius 3 is 2.68 bits per heavy atom. The molecular weight excluding hydrogens is 242 g/mol. The van der Waals surface area contributed by atoms with Crippen molar-refractivity contribution in [1.82, 2.24) is 20.2 Å². The summed E-state index contributed by atoms with van der Waals surface area (Å²) in [6.07, 6.45) is 1.75. The summed E-state index contributed by atoms with van der Waals surface area (Å²) in [6, 6.07) is 2.39. The van der Waals surface area contributed by atoms with E-state index in [0.717, 1.165) is 32.1 Å². The highest BCUT2D eigenvalue weighted by Gasteiger charge is 2.20. The second-order valence-electron chi connectivity index (χ2n) is 4.95. The first-order valence-electron chi connectivity index (χ1n) is 6.80. The average molecular weight is 265 g/mol. The van der Waals surface area contributed by atoms with E-state index in [1.165, 1.54) is 0 Å². The summed E-state index contributed by atoms with van der Waals surface area (Å²) >= 11 is 0. The van der Waals surface area contributed by atoms with Crippen molar-refractivity contribution in [2.75, 3.05) is 44.9 Å². The van der Waals surface area contributed by atoms with Crippen LogP contribution in [0.4, 0.5) is 5.95 Å². The molecule has 0 aromatic carbocycles. The van der Waals surface area contributed by atoms with Gasteiger partial charge in [-0.25, -0.2) is 4.98 Å². The molecule has 1 N–H and O–H groups in total. The number of hydrogen-bond acceptors (Lipinski definition) is 6. The summed E-state index contributed by atoms with van der Waals surface area (Å²) in [4.78, 5) is 13.5. The van der Waals surface area contributed by atoms with Crippen LogP contribution in [0, 0.1) is 0 Å². The van der Waals surface area contributed by atoms with Gasteiger partial charge in [0, 0.05) is 44.5 Å². The predicted octanol–water partition coefficient (Wildman–Crippen LogP) is 0.563. The highest BCUT2D eigenvalue weighted by Crippen LogP contribution is 2.15. The Morgan fingerprint density at radius 1 is 1.32 bits per heavy atom. The van der Waals surface area contributed by atoms with Crippen LogP contribution in [-0.4, -0.2) is 60.9 Å². The smallest absolute Gasteiger partial charge is 0.228 e. The minimum Gasteiger partial charge on any atom is -0.462 e. The fourth-order valence-corrected chi connectivity index (χ4v) is 2.15. The van der Waals surface area contributed by atoms with Crippen molar-refractivity contribution in [3.05, 3.63) is 12.3 Å². The van der Waals surface area contributed by atoms with E-state index in [0.29, 0.717) is 18.7 Å². The first-order valence-corrected chi connectivity index (χ1v) is 6.80. The third kappa shape index (κ3) is 3.78. The van der Waals surface area contributed by atoms with Crippen molar-refractivity contribution in [2.45, 2.75) is 19.9 Å². The summed E-state index contributed by atoms with van der Waals surface area (Å²) in [6.45, 7) is 8.97. The Morgan fingerprint density at radius 2 is 2.05 bits per heavy atom. The molecule has 19 heavy (non-hydrogen) atoms. The van der Waals surface area contributed by atoms with Gasteiger partial charge in [0.05, 0.1) is 0 Å². The fraction of sp³-hybridized carbons (Fsp3) is 0.692. The van der Waals surface area contributed by atoms with Gasteiger partial charge in [0.15, 0.2) is 0 Å². The van der Waals surface area contributed by atoms with Gasteiger partial charge in [0.25, 0.3) is 0 Å². The van der Waals surface area contributed by atoms with Crippen molar-refractivity contribution in [3.63, 3.8) is 0 Å². The molecule has 0 unspecified atom stereocenters. The number of rotatable bonds is 5. The number of piperazine rings is 1. The molecule has 1 saturated heterocycles. The summed E-state index contributed by atoms with van der Waals surface area (Å²) in [5.74, 6) is 1.38. The molecule has 0 bridgehead atoms. The molecule has 6 nitrogen and oxygen atoms in total. The highest BCUT2D eigenvalue weighted by atomic mass is 16.5. The zero-order chi connectivity index (χ0) is 13.7. The third-order valence-corrected chi connectivity index (χ3v) is 3.31. The van der Waals surface area contributed by atoms with Crippen molar-refractivity contribution in [2.24, 2.45) is 0 Å². The Labute approximate surface area is 114 Å². The summed E-state index contributed by atoms with van der Waals surface area (Å²) in [5, 5.41) is 2.93. The lowest BCUT2D eigenvalue weighted by Crippen LogP contribution is -2.49. The number of nitrogens with one attached hydrogen (secondary N) is 1. The number of ether oxygens (including phenoxy) is 1. The lowest BCUT2D eigenvalue weighted by molar-refractivity contribution is 0.208. The zero-order valence-corrected chi connectivity index (χ0v) is 12.0. The molecule has 1 aliphatic rings. The molecule has 1 aromatic rings. The summed E-state index contributed by atoms with van der Waals surface area (Å²) in [7, 11) is 1.84. The lowest BCUT2D eigenvalue weighted by atomic mass is 10.2. The predicted molar refractivity (Wildman–Crippen MR) is 75.5 cm³/mol. The van der Waals surface area contributed by atoms with Gasteiger partial charge >= 0.3 is 0 Å². The minimum absolute atomic E-state index is 0.456. The Kier molecular flexibility index (Phi) is 4.93. The van der Waals surface area contributed by atoms with E-state index >= 15 is 0 Å². The topological polar surface area (TPSA) is 53.5 Å². The van der Waals surface area contributed by atoms with Crippen LogP contribution in [-0.2, 0) is 0 Å². The van der Waals surface area contributed by atoms with Crippen LogP contribution in [0.3, 0.4) is 0 Å². The summed E-state index contributed by atoms with van der Waals surface area (Å²) in [5.41, 5.74) is 0. The molecule has 0 atom stereocenters. The van der Waals surface area contributed by atoms with Gasteiger partial charge in [0.1, 0.15) is 6.73 Å². The van der Waals surface area contributed by atoms with Gasteiger partial charge in [-0.15, -0.1) is 0 Å². The normalized spacial score (nSPS) is 16.9. The maximum absolute atomic E-state index is 5.45. The van der Waals surface area contributed by atoms with Gasteiger partial charge in [-0.2, -0.15) is 4.98 Å². The van der Waals surface area contributed by atoms with Crippen LogP contribution in [0.25, 0.3) is 0 Å². The molecule has 1 aromatic heterocycles. The first-order chi connectivity index (χ1) is 9.20. The van der Waals surface area contributed by atoms with Gasteiger partial charge in [-0.3, -0.25) is 10.2 Å². The van der Waals surface area contributed by atoms with Crippen LogP contribution >= 0.6 is 0 Å². The molecule has 106 valence electrons. The average Bonchev–Trinajstić information content (AvgIpc) is 2.45. The molecule has 0 spiro atoms. The second-order valence-corrected chi connectivity index (χ2v) is 4.95. The quantitative estimate of drug-likeness (QED) is 0.785. The fourth-order valence-electron chi connectivity index (χ4n) is 2.15. The number of anilines is 1. The summed E-state index contributed by atoms with van der Waals surface area (Å²) < 4.78 is 5.45. The standard InChI is InChI=1S/C13H23N5O/c1-11(2)17-6-8-18(9-7-17)13-15-5-4-12(16-13)19-10-14-3/h4-5,11,14H,6-10H2,1-3H3. The van der Waals surface area contributed by atoms with E-state index < -0.39 is 0 Å². The van der Waals surface area contributed by atoms with Crippen molar-refractivity contribution in [1.29, 1.82) is 0 Å². The molecule has 2 rings (SSSR count). The van der Waals surface area contributed by atoms with Crippen molar-refractivity contribution < 1.29 is 4.74 Å². The molecule has 1 aliphatic heterocycles. The van der Waals surface area contributed by atoms with Crippen molar-refractivity contribution in [3.8, 4) is 5.88 Å². The molecule has 2 heterocycles. The van der Waals surface area contributed by atoms with Crippen molar-refractivity contribution >= 4 is 5.95 Å². The molecule has 6 heteroatoms. The third-order valence-electron chi connectivity index (χ3n) is 3.31. The molecule has 1 fully saturated rings. The second kappa shape index (κ2) is 6.68. The molecule has 0 radical (unpaired) electrons. The number of aromatic nitrogens is 2. The van der Waals surface area contributed by atoms with Crippen LogP contribution in [0.5, 0.6) is 5.88 Å². The van der Waals surface area contributed by atoms with Gasteiger partial charge in [-0.05, 0) is 20.9 Å². The van der Waals surface area contributed by atoms with E-state index in [1.807, 2.05) is 7.05 Å². The number of nitrogens with zero attached hydrogens (tertiary/aromatic N) is 4. The first kappa shape index (κ1) is 14.0. The van der Waals surface area contributed by atoms with Gasteiger partial charge in [0.2, 0.25) is 11.8 Å². The van der Waals surface area contributed by atoms with E-state index in [9.17, 15) is 0 Å². The van der Waals surface area contributed by atoms with E-state index in [-0.39, 0.29) is 0 Å². The monoisotopic (exact) mass is 265 g/mol. The van der Waals surface area contributed by atoms with Crippen LogP contribution in [0.1, 0.15) is 13.8 Å².